The Balaban J connectivity index is 2.33. The van der Waals surface area contributed by atoms with E-state index in [9.17, 15) is 9.90 Å². The van der Waals surface area contributed by atoms with Gasteiger partial charge in [-0.3, -0.25) is 4.68 Å². The normalized spacial score (nSPS) is 21.2. The van der Waals surface area contributed by atoms with Gasteiger partial charge in [-0.1, -0.05) is 0 Å². The minimum absolute atomic E-state index is 0.0594. The van der Waals surface area contributed by atoms with Gasteiger partial charge in [0.2, 0.25) is 0 Å². The van der Waals surface area contributed by atoms with Crippen molar-refractivity contribution in [1.82, 2.24) is 9.78 Å². The van der Waals surface area contributed by atoms with Crippen LogP contribution in [0.25, 0.3) is 0 Å². The number of rotatable bonds is 1. The van der Waals surface area contributed by atoms with Gasteiger partial charge < -0.3 is 10.2 Å². The topological polar surface area (TPSA) is 75.3 Å². The van der Waals surface area contributed by atoms with Crippen LogP contribution in [0.15, 0.2) is 6.07 Å². The summed E-state index contributed by atoms with van der Waals surface area (Å²) in [4.78, 5) is 10.6. The van der Waals surface area contributed by atoms with E-state index < -0.39 is 5.97 Å². The number of aliphatic hydroxyl groups is 1. The van der Waals surface area contributed by atoms with Crippen molar-refractivity contribution >= 4 is 5.97 Å². The fourth-order valence-corrected chi connectivity index (χ4v) is 1.53. The van der Waals surface area contributed by atoms with Crippen LogP contribution in [0.2, 0.25) is 0 Å². The Labute approximate surface area is 74.6 Å². The fourth-order valence-electron chi connectivity index (χ4n) is 1.53. The Bertz CT molecular complexity index is 345. The highest BCUT2D eigenvalue weighted by Gasteiger charge is 2.20. The molecule has 0 aliphatic carbocycles. The lowest BCUT2D eigenvalue weighted by atomic mass is 10.1. The molecule has 0 aromatic carbocycles. The molecule has 1 atom stereocenters. The third kappa shape index (κ3) is 1.42. The van der Waals surface area contributed by atoms with Gasteiger partial charge in [0.05, 0.1) is 6.10 Å². The molecule has 5 nitrogen and oxygen atoms in total. The smallest absolute Gasteiger partial charge is 0.356 e. The Morgan fingerprint density at radius 2 is 2.46 bits per heavy atom. The van der Waals surface area contributed by atoms with Gasteiger partial charge in [0, 0.05) is 18.7 Å². The summed E-state index contributed by atoms with van der Waals surface area (Å²) in [5.74, 6) is -1.02. The summed E-state index contributed by atoms with van der Waals surface area (Å²) in [5.41, 5.74) is 0.861. The average Bonchev–Trinajstić information content (AvgIpc) is 2.46. The predicted molar refractivity (Wildman–Crippen MR) is 43.5 cm³/mol. The second-order valence-electron chi connectivity index (χ2n) is 3.20. The quantitative estimate of drug-likeness (QED) is 0.635. The molecule has 1 aliphatic rings. The van der Waals surface area contributed by atoms with E-state index in [1.165, 1.54) is 6.07 Å². The van der Waals surface area contributed by atoms with Gasteiger partial charge in [-0.25, -0.2) is 4.79 Å². The highest BCUT2D eigenvalue weighted by molar-refractivity contribution is 5.85. The van der Waals surface area contributed by atoms with Crippen LogP contribution in [0.3, 0.4) is 0 Å². The molecular weight excluding hydrogens is 172 g/mol. The largest absolute Gasteiger partial charge is 0.476 e. The molecule has 2 N–H and O–H groups in total. The van der Waals surface area contributed by atoms with E-state index in [4.69, 9.17) is 5.11 Å². The first-order valence-corrected chi connectivity index (χ1v) is 4.15. The van der Waals surface area contributed by atoms with Crippen LogP contribution in [0.1, 0.15) is 22.6 Å². The van der Waals surface area contributed by atoms with Gasteiger partial charge in [0.1, 0.15) is 0 Å². The number of aromatic nitrogens is 2. The molecular formula is C8H10N2O3. The van der Waals surface area contributed by atoms with Crippen molar-refractivity contribution in [3.05, 3.63) is 17.5 Å². The Kier molecular flexibility index (Phi) is 1.81. The van der Waals surface area contributed by atoms with Crippen LogP contribution < -0.4 is 0 Å². The molecule has 5 heteroatoms. The van der Waals surface area contributed by atoms with Crippen LogP contribution in [-0.4, -0.2) is 32.1 Å². The summed E-state index contributed by atoms with van der Waals surface area (Å²) in [5, 5.41) is 21.9. The number of hydrogen-bond donors (Lipinski definition) is 2. The predicted octanol–water partition coefficient (Wildman–Crippen LogP) is -0.112. The van der Waals surface area contributed by atoms with Gasteiger partial charge in [-0.15, -0.1) is 0 Å². The number of carboxylic acid groups (broad SMARTS) is 1. The highest BCUT2D eigenvalue weighted by atomic mass is 16.4. The van der Waals surface area contributed by atoms with Crippen molar-refractivity contribution in [2.45, 2.75) is 25.5 Å². The average molecular weight is 182 g/mol. The second-order valence-corrected chi connectivity index (χ2v) is 3.20. The summed E-state index contributed by atoms with van der Waals surface area (Å²) in [7, 11) is 0. The fraction of sp³-hybridized carbons (Fsp3) is 0.500. The maximum atomic E-state index is 10.6. The first-order chi connectivity index (χ1) is 6.16. The summed E-state index contributed by atoms with van der Waals surface area (Å²) < 4.78 is 1.65. The van der Waals surface area contributed by atoms with E-state index in [1.54, 1.807) is 4.68 Å². The lowest BCUT2D eigenvalue weighted by molar-refractivity contribution is 0.0689. The zero-order valence-electron chi connectivity index (χ0n) is 6.97. The lowest BCUT2D eigenvalue weighted by Crippen LogP contribution is -2.23. The number of carboxylic acids is 1. The van der Waals surface area contributed by atoms with Crippen LogP contribution in [0.5, 0.6) is 0 Å². The van der Waals surface area contributed by atoms with Crippen molar-refractivity contribution in [3.8, 4) is 0 Å². The van der Waals surface area contributed by atoms with Crippen molar-refractivity contribution < 1.29 is 15.0 Å². The van der Waals surface area contributed by atoms with Crippen molar-refractivity contribution in [1.29, 1.82) is 0 Å². The molecule has 0 amide bonds. The van der Waals surface area contributed by atoms with E-state index in [2.05, 4.69) is 5.10 Å². The second kappa shape index (κ2) is 2.85. The number of carbonyl (C=O) groups is 1. The molecule has 13 heavy (non-hydrogen) atoms. The maximum Gasteiger partial charge on any atom is 0.356 e. The third-order valence-corrected chi connectivity index (χ3v) is 2.20. The SMILES string of the molecule is O=C(O)c1cc2n(n1)CCC(O)C2. The number of fused-ring (bicyclic) bond motifs is 1. The molecule has 0 fully saturated rings. The van der Waals surface area contributed by atoms with Crippen LogP contribution in [0.4, 0.5) is 0 Å². The number of aryl methyl sites for hydroxylation is 1. The Morgan fingerprint density at radius 3 is 3.15 bits per heavy atom. The lowest BCUT2D eigenvalue weighted by Gasteiger charge is -2.17. The van der Waals surface area contributed by atoms with Gasteiger partial charge in [-0.2, -0.15) is 5.10 Å². The Morgan fingerprint density at radius 1 is 1.69 bits per heavy atom. The molecule has 0 saturated carbocycles. The molecule has 0 bridgehead atoms. The van der Waals surface area contributed by atoms with Crippen LogP contribution in [-0.2, 0) is 13.0 Å². The van der Waals surface area contributed by atoms with E-state index in [0.717, 1.165) is 5.69 Å². The molecule has 0 radical (unpaired) electrons. The van der Waals surface area contributed by atoms with Crippen LogP contribution >= 0.6 is 0 Å². The number of aromatic carboxylic acids is 1. The summed E-state index contributed by atoms with van der Waals surface area (Å²) >= 11 is 0. The van der Waals surface area contributed by atoms with Crippen LogP contribution in [0, 0.1) is 0 Å². The maximum absolute atomic E-state index is 10.6. The standard InChI is InChI=1S/C8H10N2O3/c11-6-1-2-10-5(3-6)4-7(9-10)8(12)13/h4,6,11H,1-3H2,(H,12,13). The Hall–Kier alpha value is -1.36. The monoisotopic (exact) mass is 182 g/mol. The molecule has 2 rings (SSSR count). The van der Waals surface area contributed by atoms with E-state index >= 15 is 0 Å². The number of hydrogen-bond acceptors (Lipinski definition) is 3. The third-order valence-electron chi connectivity index (χ3n) is 2.20. The zero-order valence-corrected chi connectivity index (χ0v) is 6.97. The van der Waals surface area contributed by atoms with Gasteiger partial charge in [0.25, 0.3) is 0 Å². The van der Waals surface area contributed by atoms with Gasteiger partial charge >= 0.3 is 5.97 Å². The highest BCUT2D eigenvalue weighted by Crippen LogP contribution is 2.15. The summed E-state index contributed by atoms with van der Waals surface area (Å²) in [6.45, 7) is 0.601. The molecule has 0 spiro atoms. The first-order valence-electron chi connectivity index (χ1n) is 4.15. The minimum Gasteiger partial charge on any atom is -0.476 e. The first kappa shape index (κ1) is 8.25. The zero-order chi connectivity index (χ0) is 9.42. The van der Waals surface area contributed by atoms with Gasteiger partial charge in [-0.05, 0) is 12.5 Å². The molecule has 2 heterocycles. The molecule has 1 aromatic heterocycles. The van der Waals surface area contributed by atoms with Gasteiger partial charge in [0.15, 0.2) is 5.69 Å². The molecule has 1 aromatic rings. The van der Waals surface area contributed by atoms with Crippen molar-refractivity contribution in [2.75, 3.05) is 0 Å². The summed E-state index contributed by atoms with van der Waals surface area (Å²) in [6.07, 6.45) is 0.791. The number of nitrogens with zero attached hydrogens (tertiary/aromatic N) is 2. The van der Waals surface area contributed by atoms with E-state index in [0.29, 0.717) is 19.4 Å². The van der Waals surface area contributed by atoms with E-state index in [1.807, 2.05) is 0 Å². The minimum atomic E-state index is -1.02. The van der Waals surface area contributed by atoms with E-state index in [-0.39, 0.29) is 11.8 Å². The molecule has 0 saturated heterocycles. The molecule has 1 unspecified atom stereocenters. The van der Waals surface area contributed by atoms with Crippen molar-refractivity contribution in [2.24, 2.45) is 0 Å². The molecule has 70 valence electrons. The van der Waals surface area contributed by atoms with Crippen molar-refractivity contribution in [3.63, 3.8) is 0 Å². The summed E-state index contributed by atoms with van der Waals surface area (Å²) in [6, 6.07) is 1.52. The molecule has 1 aliphatic heterocycles. The number of aliphatic hydroxyl groups excluding tert-OH is 1.